The summed E-state index contributed by atoms with van der Waals surface area (Å²) in [6, 6.07) is -0.288. The molecule has 2 fully saturated rings. The standard InChI is InChI=1S/C15H27N3O2/c1-11(2)14-15(20)17-9-10-18(14)13(19)4-3-12-5-7-16-8-6-12/h11-12,14,16H,3-10H2,1-2H3,(H,17,20). The second-order valence-corrected chi connectivity index (χ2v) is 6.30. The van der Waals surface area contributed by atoms with Crippen LogP contribution < -0.4 is 10.6 Å². The molecule has 2 amide bonds. The van der Waals surface area contributed by atoms with Gasteiger partial charge in [0.25, 0.3) is 0 Å². The highest BCUT2D eigenvalue weighted by Gasteiger charge is 2.34. The molecule has 0 aliphatic carbocycles. The van der Waals surface area contributed by atoms with Gasteiger partial charge in [-0.25, -0.2) is 0 Å². The second-order valence-electron chi connectivity index (χ2n) is 6.30. The molecule has 0 radical (unpaired) electrons. The maximum absolute atomic E-state index is 12.4. The number of piperidine rings is 1. The molecule has 1 atom stereocenters. The molecule has 2 rings (SSSR count). The summed E-state index contributed by atoms with van der Waals surface area (Å²) in [7, 11) is 0. The molecule has 5 heteroatoms. The van der Waals surface area contributed by atoms with Crippen molar-refractivity contribution in [2.45, 2.75) is 45.6 Å². The third-order valence-electron chi connectivity index (χ3n) is 4.43. The quantitative estimate of drug-likeness (QED) is 0.799. The fourth-order valence-corrected chi connectivity index (χ4v) is 3.27. The topological polar surface area (TPSA) is 61.4 Å². The van der Waals surface area contributed by atoms with Gasteiger partial charge < -0.3 is 15.5 Å². The predicted molar refractivity (Wildman–Crippen MR) is 78.2 cm³/mol. The first-order valence-corrected chi connectivity index (χ1v) is 7.87. The minimum atomic E-state index is -0.288. The van der Waals surface area contributed by atoms with Gasteiger partial charge in [0.05, 0.1) is 0 Å². The van der Waals surface area contributed by atoms with E-state index < -0.39 is 0 Å². The first kappa shape index (κ1) is 15.3. The van der Waals surface area contributed by atoms with Gasteiger partial charge in [0, 0.05) is 19.5 Å². The van der Waals surface area contributed by atoms with Crippen LogP contribution in [0.25, 0.3) is 0 Å². The molecule has 0 saturated carbocycles. The molecule has 1 unspecified atom stereocenters. The SMILES string of the molecule is CC(C)C1C(=O)NCCN1C(=O)CCC1CCNCC1. The number of nitrogens with zero attached hydrogens (tertiary/aromatic N) is 1. The highest BCUT2D eigenvalue weighted by molar-refractivity contribution is 5.89. The van der Waals surface area contributed by atoms with Crippen LogP contribution in [0.4, 0.5) is 0 Å². The van der Waals surface area contributed by atoms with Crippen LogP contribution in [-0.2, 0) is 9.59 Å². The van der Waals surface area contributed by atoms with E-state index in [0.29, 0.717) is 25.4 Å². The first-order valence-electron chi connectivity index (χ1n) is 7.87. The molecule has 0 aromatic rings. The van der Waals surface area contributed by atoms with Crippen molar-refractivity contribution in [1.29, 1.82) is 0 Å². The van der Waals surface area contributed by atoms with Crippen molar-refractivity contribution >= 4 is 11.8 Å². The van der Waals surface area contributed by atoms with E-state index in [4.69, 9.17) is 0 Å². The third kappa shape index (κ3) is 3.72. The Labute approximate surface area is 121 Å². The molecular formula is C15H27N3O2. The Kier molecular flexibility index (Phi) is 5.40. The molecule has 2 aliphatic heterocycles. The molecule has 0 bridgehead atoms. The number of carbonyl (C=O) groups is 2. The Morgan fingerprint density at radius 2 is 2.00 bits per heavy atom. The summed E-state index contributed by atoms with van der Waals surface area (Å²) in [6.07, 6.45) is 3.88. The number of hydrogen-bond acceptors (Lipinski definition) is 3. The molecule has 2 saturated heterocycles. The lowest BCUT2D eigenvalue weighted by Crippen LogP contribution is -2.59. The van der Waals surface area contributed by atoms with E-state index in [-0.39, 0.29) is 23.8 Å². The lowest BCUT2D eigenvalue weighted by atomic mass is 9.92. The molecule has 0 spiro atoms. The molecule has 2 aliphatic rings. The highest BCUT2D eigenvalue weighted by atomic mass is 16.2. The molecule has 0 aromatic heterocycles. The molecule has 2 N–H and O–H groups in total. The molecule has 2 heterocycles. The van der Waals surface area contributed by atoms with Crippen molar-refractivity contribution in [3.8, 4) is 0 Å². The van der Waals surface area contributed by atoms with E-state index in [0.717, 1.165) is 19.5 Å². The van der Waals surface area contributed by atoms with Crippen molar-refractivity contribution in [2.24, 2.45) is 11.8 Å². The van der Waals surface area contributed by atoms with Crippen LogP contribution in [0.3, 0.4) is 0 Å². The summed E-state index contributed by atoms with van der Waals surface area (Å²) < 4.78 is 0. The largest absolute Gasteiger partial charge is 0.353 e. The van der Waals surface area contributed by atoms with Gasteiger partial charge >= 0.3 is 0 Å². The van der Waals surface area contributed by atoms with Crippen LogP contribution >= 0.6 is 0 Å². The van der Waals surface area contributed by atoms with E-state index in [2.05, 4.69) is 10.6 Å². The van der Waals surface area contributed by atoms with Crippen LogP contribution in [0.2, 0.25) is 0 Å². The van der Waals surface area contributed by atoms with Crippen LogP contribution in [-0.4, -0.2) is 48.9 Å². The van der Waals surface area contributed by atoms with Crippen LogP contribution in [0.5, 0.6) is 0 Å². The normalized spacial score (nSPS) is 24.9. The second kappa shape index (κ2) is 7.07. The maximum Gasteiger partial charge on any atom is 0.243 e. The van der Waals surface area contributed by atoms with Gasteiger partial charge in [0.15, 0.2) is 0 Å². The number of hydrogen-bond donors (Lipinski definition) is 2. The van der Waals surface area contributed by atoms with E-state index in [1.807, 2.05) is 13.8 Å². The Balaban J connectivity index is 1.87. The fraction of sp³-hybridized carbons (Fsp3) is 0.867. The number of nitrogens with one attached hydrogen (secondary N) is 2. The minimum Gasteiger partial charge on any atom is -0.353 e. The maximum atomic E-state index is 12.4. The average molecular weight is 281 g/mol. The van der Waals surface area contributed by atoms with Crippen LogP contribution in [0.1, 0.15) is 39.5 Å². The summed E-state index contributed by atoms with van der Waals surface area (Å²) in [6.45, 7) is 7.38. The van der Waals surface area contributed by atoms with Gasteiger partial charge in [-0.15, -0.1) is 0 Å². The summed E-state index contributed by atoms with van der Waals surface area (Å²) in [5, 5.41) is 6.21. The van der Waals surface area contributed by atoms with E-state index in [1.54, 1.807) is 4.90 Å². The van der Waals surface area contributed by atoms with Gasteiger partial charge in [0.1, 0.15) is 6.04 Å². The van der Waals surface area contributed by atoms with Gasteiger partial charge in [-0.05, 0) is 44.2 Å². The summed E-state index contributed by atoms with van der Waals surface area (Å²) in [5.41, 5.74) is 0. The third-order valence-corrected chi connectivity index (χ3v) is 4.43. The molecule has 5 nitrogen and oxygen atoms in total. The summed E-state index contributed by atoms with van der Waals surface area (Å²) >= 11 is 0. The number of piperazine rings is 1. The number of rotatable bonds is 4. The van der Waals surface area contributed by atoms with Crippen LogP contribution in [0.15, 0.2) is 0 Å². The first-order chi connectivity index (χ1) is 9.59. The van der Waals surface area contributed by atoms with Crippen molar-refractivity contribution in [3.63, 3.8) is 0 Å². The average Bonchev–Trinajstić information content (AvgIpc) is 2.45. The zero-order valence-corrected chi connectivity index (χ0v) is 12.7. The van der Waals surface area contributed by atoms with Crippen molar-refractivity contribution in [2.75, 3.05) is 26.2 Å². The van der Waals surface area contributed by atoms with E-state index in [1.165, 1.54) is 12.8 Å². The Morgan fingerprint density at radius 1 is 1.30 bits per heavy atom. The van der Waals surface area contributed by atoms with Crippen LogP contribution in [0, 0.1) is 11.8 Å². The highest BCUT2D eigenvalue weighted by Crippen LogP contribution is 2.21. The lowest BCUT2D eigenvalue weighted by Gasteiger charge is -2.37. The lowest BCUT2D eigenvalue weighted by molar-refractivity contribution is -0.145. The Hall–Kier alpha value is -1.10. The molecule has 0 aromatic carbocycles. The molecular weight excluding hydrogens is 254 g/mol. The number of carbonyl (C=O) groups excluding carboxylic acids is 2. The van der Waals surface area contributed by atoms with E-state index in [9.17, 15) is 9.59 Å². The molecule has 114 valence electrons. The zero-order valence-electron chi connectivity index (χ0n) is 12.7. The van der Waals surface area contributed by atoms with Gasteiger partial charge in [-0.2, -0.15) is 0 Å². The number of amides is 2. The fourth-order valence-electron chi connectivity index (χ4n) is 3.27. The molecule has 20 heavy (non-hydrogen) atoms. The Morgan fingerprint density at radius 3 is 2.65 bits per heavy atom. The van der Waals surface area contributed by atoms with Gasteiger partial charge in [-0.1, -0.05) is 13.8 Å². The van der Waals surface area contributed by atoms with E-state index >= 15 is 0 Å². The van der Waals surface area contributed by atoms with Gasteiger partial charge in [-0.3, -0.25) is 9.59 Å². The van der Waals surface area contributed by atoms with Crippen molar-refractivity contribution < 1.29 is 9.59 Å². The van der Waals surface area contributed by atoms with Crippen molar-refractivity contribution in [1.82, 2.24) is 15.5 Å². The van der Waals surface area contributed by atoms with Gasteiger partial charge in [0.2, 0.25) is 11.8 Å². The predicted octanol–water partition coefficient (Wildman–Crippen LogP) is 0.749. The summed E-state index contributed by atoms with van der Waals surface area (Å²) in [4.78, 5) is 26.2. The van der Waals surface area contributed by atoms with Crippen molar-refractivity contribution in [3.05, 3.63) is 0 Å². The smallest absolute Gasteiger partial charge is 0.243 e. The monoisotopic (exact) mass is 281 g/mol. The summed E-state index contributed by atoms with van der Waals surface area (Å²) in [5.74, 6) is 0.980. The zero-order chi connectivity index (χ0) is 14.5. The minimum absolute atomic E-state index is 0.00136. The Bertz CT molecular complexity index is 351.